The molecule has 5 heteroatoms. The van der Waals surface area contributed by atoms with Gasteiger partial charge in [0.05, 0.1) is 13.7 Å². The molecule has 0 spiro atoms. The van der Waals surface area contributed by atoms with E-state index >= 15 is 0 Å². The topological polar surface area (TPSA) is 59.0 Å². The highest BCUT2D eigenvalue weighted by atomic mass is 16.5. The maximum absolute atomic E-state index is 11.1. The first-order chi connectivity index (χ1) is 9.19. The molecule has 2 unspecified atom stereocenters. The van der Waals surface area contributed by atoms with E-state index in [1.165, 1.54) is 4.90 Å². The van der Waals surface area contributed by atoms with Crippen molar-refractivity contribution in [1.82, 2.24) is 4.90 Å². The van der Waals surface area contributed by atoms with Gasteiger partial charge in [0.15, 0.2) is 0 Å². The Balaban J connectivity index is 1.94. The Morgan fingerprint density at radius 2 is 2.32 bits per heavy atom. The van der Waals surface area contributed by atoms with Gasteiger partial charge in [-0.1, -0.05) is 6.07 Å². The average molecular weight is 263 g/mol. The third-order valence-corrected chi connectivity index (χ3v) is 4.08. The summed E-state index contributed by atoms with van der Waals surface area (Å²) in [4.78, 5) is 12.6. The fraction of sp³-hybridized carbons (Fsp3) is 0.500. The Morgan fingerprint density at radius 3 is 3.05 bits per heavy atom. The van der Waals surface area contributed by atoms with Crippen LogP contribution in [0.5, 0.6) is 11.5 Å². The lowest BCUT2D eigenvalue weighted by molar-refractivity contribution is 0.152. The minimum Gasteiger partial charge on any atom is -0.497 e. The molecule has 1 fully saturated rings. The first kappa shape index (κ1) is 12.1. The third kappa shape index (κ3) is 2.09. The quantitative estimate of drug-likeness (QED) is 0.843. The van der Waals surface area contributed by atoms with Crippen LogP contribution in [0.3, 0.4) is 0 Å². The molecular weight excluding hydrogens is 246 g/mol. The number of likely N-dealkylation sites (tertiary alicyclic amines) is 1. The van der Waals surface area contributed by atoms with Crippen molar-refractivity contribution in [3.05, 3.63) is 23.8 Å². The number of ether oxygens (including phenoxy) is 2. The van der Waals surface area contributed by atoms with E-state index in [1.807, 2.05) is 18.2 Å². The minimum atomic E-state index is -0.830. The molecular formula is C14H17NO4. The molecule has 2 atom stereocenters. The van der Waals surface area contributed by atoms with Crippen molar-refractivity contribution in [2.45, 2.75) is 12.3 Å². The molecule has 1 N–H and O–H groups in total. The lowest BCUT2D eigenvalue weighted by Gasteiger charge is -2.16. The van der Waals surface area contributed by atoms with Crippen LogP contribution < -0.4 is 9.47 Å². The number of nitrogens with zero attached hydrogens (tertiary/aromatic N) is 1. The molecule has 19 heavy (non-hydrogen) atoms. The van der Waals surface area contributed by atoms with E-state index in [4.69, 9.17) is 14.6 Å². The maximum Gasteiger partial charge on any atom is 0.407 e. The molecule has 2 aliphatic rings. The van der Waals surface area contributed by atoms with E-state index < -0.39 is 6.09 Å². The molecule has 2 aliphatic heterocycles. The summed E-state index contributed by atoms with van der Waals surface area (Å²) in [7, 11) is 1.63. The van der Waals surface area contributed by atoms with Crippen LogP contribution in [0.4, 0.5) is 4.79 Å². The molecule has 1 aromatic carbocycles. The van der Waals surface area contributed by atoms with Gasteiger partial charge in [-0.2, -0.15) is 0 Å². The zero-order valence-corrected chi connectivity index (χ0v) is 10.8. The number of methoxy groups -OCH3 is 1. The highest BCUT2D eigenvalue weighted by molar-refractivity contribution is 5.66. The lowest BCUT2D eigenvalue weighted by atomic mass is 9.87. The summed E-state index contributed by atoms with van der Waals surface area (Å²) in [5, 5.41) is 9.14. The molecule has 1 aromatic rings. The molecule has 2 heterocycles. The largest absolute Gasteiger partial charge is 0.497 e. The Hall–Kier alpha value is -1.91. The summed E-state index contributed by atoms with van der Waals surface area (Å²) in [6.07, 6.45) is 0.0647. The third-order valence-electron chi connectivity index (χ3n) is 4.08. The Bertz CT molecular complexity index is 502. The fourth-order valence-corrected chi connectivity index (χ4v) is 3.07. The van der Waals surface area contributed by atoms with Gasteiger partial charge in [-0.15, -0.1) is 0 Å². The molecule has 0 bridgehead atoms. The van der Waals surface area contributed by atoms with Crippen molar-refractivity contribution in [3.8, 4) is 11.5 Å². The SMILES string of the molecule is COc1ccc2c(c1)OCCC1CN(C(=O)O)CC21. The van der Waals surface area contributed by atoms with Gasteiger partial charge >= 0.3 is 6.09 Å². The number of carbonyl (C=O) groups is 1. The normalized spacial score (nSPS) is 25.0. The van der Waals surface area contributed by atoms with Crippen LogP contribution in [-0.2, 0) is 0 Å². The first-order valence-corrected chi connectivity index (χ1v) is 6.47. The number of carboxylic acid groups (broad SMARTS) is 1. The van der Waals surface area contributed by atoms with Gasteiger partial charge in [-0.05, 0) is 24.0 Å². The van der Waals surface area contributed by atoms with Gasteiger partial charge in [0.1, 0.15) is 11.5 Å². The summed E-state index contributed by atoms with van der Waals surface area (Å²) in [6, 6.07) is 5.80. The second-order valence-electron chi connectivity index (χ2n) is 5.10. The van der Waals surface area contributed by atoms with Gasteiger partial charge in [-0.25, -0.2) is 4.79 Å². The first-order valence-electron chi connectivity index (χ1n) is 6.47. The van der Waals surface area contributed by atoms with E-state index in [0.717, 1.165) is 23.5 Å². The molecule has 0 aromatic heterocycles. The van der Waals surface area contributed by atoms with Crippen molar-refractivity contribution < 1.29 is 19.4 Å². The summed E-state index contributed by atoms with van der Waals surface area (Å²) in [5.41, 5.74) is 1.10. The maximum atomic E-state index is 11.1. The number of hydrogen-bond donors (Lipinski definition) is 1. The summed E-state index contributed by atoms with van der Waals surface area (Å²) in [5.74, 6) is 2.19. The molecule has 3 rings (SSSR count). The van der Waals surface area contributed by atoms with Crippen molar-refractivity contribution >= 4 is 6.09 Å². The molecule has 1 amide bonds. The minimum absolute atomic E-state index is 0.236. The zero-order chi connectivity index (χ0) is 13.4. The van der Waals surface area contributed by atoms with Crippen LogP contribution in [0.25, 0.3) is 0 Å². The smallest absolute Gasteiger partial charge is 0.407 e. The lowest BCUT2D eigenvalue weighted by Crippen LogP contribution is -2.27. The summed E-state index contributed by atoms with van der Waals surface area (Å²) in [6.45, 7) is 1.80. The predicted molar refractivity (Wildman–Crippen MR) is 68.9 cm³/mol. The van der Waals surface area contributed by atoms with E-state index in [2.05, 4.69) is 0 Å². The van der Waals surface area contributed by atoms with Gasteiger partial charge in [0.25, 0.3) is 0 Å². The average Bonchev–Trinajstić information content (AvgIpc) is 2.76. The number of fused-ring (bicyclic) bond motifs is 3. The van der Waals surface area contributed by atoms with Gasteiger partial charge < -0.3 is 19.5 Å². The van der Waals surface area contributed by atoms with Gasteiger partial charge in [0.2, 0.25) is 0 Å². The molecule has 5 nitrogen and oxygen atoms in total. The Kier molecular flexibility index (Phi) is 2.97. The van der Waals surface area contributed by atoms with Crippen LogP contribution >= 0.6 is 0 Å². The van der Waals surface area contributed by atoms with E-state index in [0.29, 0.717) is 25.6 Å². The standard InChI is InChI=1S/C14H17NO4/c1-18-10-2-3-11-12-8-15(14(16)17)7-9(12)4-5-19-13(11)6-10/h2-3,6,9,12H,4-5,7-8H2,1H3,(H,16,17). The van der Waals surface area contributed by atoms with Crippen LogP contribution in [0.1, 0.15) is 17.9 Å². The predicted octanol–water partition coefficient (Wildman–Crippen LogP) is 2.17. The number of hydrogen-bond acceptors (Lipinski definition) is 3. The zero-order valence-electron chi connectivity index (χ0n) is 10.8. The monoisotopic (exact) mass is 263 g/mol. The van der Waals surface area contributed by atoms with Crippen LogP contribution in [0.2, 0.25) is 0 Å². The Labute approximate surface area is 111 Å². The van der Waals surface area contributed by atoms with Crippen LogP contribution in [0.15, 0.2) is 18.2 Å². The summed E-state index contributed by atoms with van der Waals surface area (Å²) < 4.78 is 11.0. The van der Waals surface area contributed by atoms with Crippen molar-refractivity contribution in [2.24, 2.45) is 5.92 Å². The van der Waals surface area contributed by atoms with E-state index in [9.17, 15) is 4.79 Å². The van der Waals surface area contributed by atoms with Crippen LogP contribution in [-0.4, -0.2) is 42.9 Å². The molecule has 102 valence electrons. The highest BCUT2D eigenvalue weighted by Gasteiger charge is 2.38. The second kappa shape index (κ2) is 4.64. The van der Waals surface area contributed by atoms with Crippen LogP contribution in [0, 0.1) is 5.92 Å². The van der Waals surface area contributed by atoms with E-state index in [1.54, 1.807) is 7.11 Å². The van der Waals surface area contributed by atoms with Crippen molar-refractivity contribution in [2.75, 3.05) is 26.8 Å². The number of rotatable bonds is 1. The molecule has 0 radical (unpaired) electrons. The van der Waals surface area contributed by atoms with Crippen molar-refractivity contribution in [3.63, 3.8) is 0 Å². The second-order valence-corrected chi connectivity index (χ2v) is 5.10. The number of benzene rings is 1. The molecule has 0 aliphatic carbocycles. The molecule has 0 saturated carbocycles. The number of amides is 1. The highest BCUT2D eigenvalue weighted by Crippen LogP contribution is 2.42. The van der Waals surface area contributed by atoms with E-state index in [-0.39, 0.29) is 5.92 Å². The fourth-order valence-electron chi connectivity index (χ4n) is 3.07. The molecule has 1 saturated heterocycles. The summed E-state index contributed by atoms with van der Waals surface area (Å²) >= 11 is 0. The van der Waals surface area contributed by atoms with Gasteiger partial charge in [-0.3, -0.25) is 0 Å². The van der Waals surface area contributed by atoms with Gasteiger partial charge in [0, 0.05) is 25.1 Å². The Morgan fingerprint density at radius 1 is 1.47 bits per heavy atom. The van der Waals surface area contributed by atoms with Crippen molar-refractivity contribution in [1.29, 1.82) is 0 Å².